The van der Waals surface area contributed by atoms with Gasteiger partial charge in [0.2, 0.25) is 0 Å². The summed E-state index contributed by atoms with van der Waals surface area (Å²) >= 11 is 0. The molecular weight excluding hydrogens is 200 g/mol. The average molecular weight is 228 g/mol. The Morgan fingerprint density at radius 1 is 1.50 bits per heavy atom. The Kier molecular flexibility index (Phi) is 5.73. The van der Waals surface area contributed by atoms with E-state index in [2.05, 4.69) is 31.0 Å². The molecule has 16 heavy (non-hydrogen) atoms. The van der Waals surface area contributed by atoms with E-state index in [-0.39, 0.29) is 5.60 Å². The summed E-state index contributed by atoms with van der Waals surface area (Å²) in [6, 6.07) is 0.626. The monoisotopic (exact) mass is 228 g/mol. The van der Waals surface area contributed by atoms with Crippen LogP contribution in [0.4, 0.5) is 0 Å². The molecule has 0 aromatic rings. The first kappa shape index (κ1) is 13.9. The molecule has 1 heterocycles. The molecule has 0 aliphatic carbocycles. The lowest BCUT2D eigenvalue weighted by atomic mass is 9.94. The van der Waals surface area contributed by atoms with Crippen molar-refractivity contribution >= 4 is 0 Å². The molecule has 0 bridgehead atoms. The second-order valence-electron chi connectivity index (χ2n) is 5.28. The summed E-state index contributed by atoms with van der Waals surface area (Å²) in [5.74, 6) is 0. The van der Waals surface area contributed by atoms with Gasteiger partial charge in [0.1, 0.15) is 0 Å². The number of methoxy groups -OCH3 is 1. The normalized spacial score (nSPS) is 29.2. The highest BCUT2D eigenvalue weighted by Crippen LogP contribution is 2.23. The standard InChI is InChI=1S/C13H28N2O/c1-5-14-12(2)7-10-15-9-6-8-13(3,11-15)16-4/h12,14H,5-11H2,1-4H3. The van der Waals surface area contributed by atoms with Crippen molar-refractivity contribution < 1.29 is 4.74 Å². The molecule has 96 valence electrons. The Bertz CT molecular complexity index is 198. The van der Waals surface area contributed by atoms with E-state index in [1.807, 2.05) is 7.11 Å². The molecule has 0 saturated carbocycles. The topological polar surface area (TPSA) is 24.5 Å². The largest absolute Gasteiger partial charge is 0.377 e. The summed E-state index contributed by atoms with van der Waals surface area (Å²) in [6.45, 7) is 11.2. The lowest BCUT2D eigenvalue weighted by molar-refractivity contribution is -0.0511. The van der Waals surface area contributed by atoms with Crippen molar-refractivity contribution in [3.05, 3.63) is 0 Å². The van der Waals surface area contributed by atoms with Crippen LogP contribution >= 0.6 is 0 Å². The number of hydrogen-bond donors (Lipinski definition) is 1. The van der Waals surface area contributed by atoms with Gasteiger partial charge in [-0.2, -0.15) is 0 Å². The third kappa shape index (κ3) is 4.40. The minimum atomic E-state index is 0.0830. The average Bonchev–Trinajstić information content (AvgIpc) is 2.27. The van der Waals surface area contributed by atoms with Crippen molar-refractivity contribution in [1.29, 1.82) is 0 Å². The molecule has 0 aromatic heterocycles. The molecule has 2 atom stereocenters. The maximum atomic E-state index is 5.61. The van der Waals surface area contributed by atoms with Gasteiger partial charge in [-0.1, -0.05) is 6.92 Å². The fourth-order valence-corrected chi connectivity index (χ4v) is 2.49. The minimum absolute atomic E-state index is 0.0830. The first-order valence-corrected chi connectivity index (χ1v) is 6.60. The van der Waals surface area contributed by atoms with E-state index in [9.17, 15) is 0 Å². The molecule has 0 radical (unpaired) electrons. The fourth-order valence-electron chi connectivity index (χ4n) is 2.49. The predicted octanol–water partition coefficient (Wildman–Crippen LogP) is 1.88. The van der Waals surface area contributed by atoms with Gasteiger partial charge in [-0.3, -0.25) is 0 Å². The van der Waals surface area contributed by atoms with Crippen LogP contribution in [0.1, 0.15) is 40.0 Å². The zero-order chi connectivity index (χ0) is 12.0. The Morgan fingerprint density at radius 2 is 2.25 bits per heavy atom. The lowest BCUT2D eigenvalue weighted by Crippen LogP contribution is -2.48. The molecule has 2 unspecified atom stereocenters. The zero-order valence-corrected chi connectivity index (χ0v) is 11.4. The van der Waals surface area contributed by atoms with Gasteiger partial charge in [0.25, 0.3) is 0 Å². The van der Waals surface area contributed by atoms with Crippen molar-refractivity contribution in [2.75, 3.05) is 33.3 Å². The third-order valence-corrected chi connectivity index (χ3v) is 3.66. The van der Waals surface area contributed by atoms with Crippen LogP contribution in [0.15, 0.2) is 0 Å². The fraction of sp³-hybridized carbons (Fsp3) is 1.00. The maximum absolute atomic E-state index is 5.61. The SMILES string of the molecule is CCNC(C)CCN1CCCC(C)(OC)C1. The first-order valence-electron chi connectivity index (χ1n) is 6.60. The summed E-state index contributed by atoms with van der Waals surface area (Å²) in [6.07, 6.45) is 3.69. The Morgan fingerprint density at radius 3 is 2.88 bits per heavy atom. The number of hydrogen-bond acceptors (Lipinski definition) is 3. The number of nitrogens with one attached hydrogen (secondary N) is 1. The summed E-state index contributed by atoms with van der Waals surface area (Å²) in [5, 5.41) is 3.46. The summed E-state index contributed by atoms with van der Waals surface area (Å²) in [7, 11) is 1.84. The third-order valence-electron chi connectivity index (χ3n) is 3.66. The Balaban J connectivity index is 2.27. The molecule has 1 aliphatic heterocycles. The molecule has 0 aromatic carbocycles. The van der Waals surface area contributed by atoms with Gasteiger partial charge < -0.3 is 15.0 Å². The summed E-state index contributed by atoms with van der Waals surface area (Å²) in [4.78, 5) is 2.54. The summed E-state index contributed by atoms with van der Waals surface area (Å²) in [5.41, 5.74) is 0.0830. The van der Waals surface area contributed by atoms with Crippen LogP contribution < -0.4 is 5.32 Å². The molecule has 0 spiro atoms. The van der Waals surface area contributed by atoms with Crippen LogP contribution in [0.3, 0.4) is 0 Å². The van der Waals surface area contributed by atoms with Crippen LogP contribution in [0.25, 0.3) is 0 Å². The van der Waals surface area contributed by atoms with Gasteiger partial charge in [0.05, 0.1) is 5.60 Å². The highest BCUT2D eigenvalue weighted by molar-refractivity contribution is 4.84. The molecule has 1 fully saturated rings. The van der Waals surface area contributed by atoms with E-state index in [1.54, 1.807) is 0 Å². The molecular formula is C13H28N2O. The van der Waals surface area contributed by atoms with Crippen LogP contribution in [0.2, 0.25) is 0 Å². The van der Waals surface area contributed by atoms with Gasteiger partial charge >= 0.3 is 0 Å². The smallest absolute Gasteiger partial charge is 0.0777 e. The molecule has 3 nitrogen and oxygen atoms in total. The number of nitrogens with zero attached hydrogens (tertiary/aromatic N) is 1. The number of likely N-dealkylation sites (tertiary alicyclic amines) is 1. The van der Waals surface area contributed by atoms with Crippen LogP contribution in [0.5, 0.6) is 0 Å². The van der Waals surface area contributed by atoms with Crippen LogP contribution in [-0.2, 0) is 4.74 Å². The van der Waals surface area contributed by atoms with E-state index in [0.717, 1.165) is 13.1 Å². The highest BCUT2D eigenvalue weighted by Gasteiger charge is 2.30. The molecule has 0 amide bonds. The van der Waals surface area contributed by atoms with E-state index < -0.39 is 0 Å². The van der Waals surface area contributed by atoms with Crippen molar-refractivity contribution in [3.8, 4) is 0 Å². The second kappa shape index (κ2) is 6.58. The Labute approximate surface area is 101 Å². The highest BCUT2D eigenvalue weighted by atomic mass is 16.5. The maximum Gasteiger partial charge on any atom is 0.0777 e. The van der Waals surface area contributed by atoms with E-state index >= 15 is 0 Å². The van der Waals surface area contributed by atoms with E-state index in [1.165, 1.54) is 32.4 Å². The van der Waals surface area contributed by atoms with Crippen molar-refractivity contribution in [1.82, 2.24) is 10.2 Å². The van der Waals surface area contributed by atoms with Gasteiger partial charge in [0, 0.05) is 19.7 Å². The predicted molar refractivity (Wildman–Crippen MR) is 68.8 cm³/mol. The summed E-state index contributed by atoms with van der Waals surface area (Å²) < 4.78 is 5.61. The van der Waals surface area contributed by atoms with Gasteiger partial charge in [-0.05, 0) is 52.7 Å². The molecule has 1 aliphatic rings. The molecule has 1 rings (SSSR count). The second-order valence-corrected chi connectivity index (χ2v) is 5.28. The number of ether oxygens (including phenoxy) is 1. The zero-order valence-electron chi connectivity index (χ0n) is 11.4. The Hall–Kier alpha value is -0.120. The quantitative estimate of drug-likeness (QED) is 0.751. The lowest BCUT2D eigenvalue weighted by Gasteiger charge is -2.39. The van der Waals surface area contributed by atoms with Crippen molar-refractivity contribution in [3.63, 3.8) is 0 Å². The van der Waals surface area contributed by atoms with E-state index in [0.29, 0.717) is 6.04 Å². The van der Waals surface area contributed by atoms with Gasteiger partial charge in [-0.15, -0.1) is 0 Å². The molecule has 3 heteroatoms. The number of piperidine rings is 1. The van der Waals surface area contributed by atoms with Crippen LogP contribution in [0, 0.1) is 0 Å². The van der Waals surface area contributed by atoms with E-state index in [4.69, 9.17) is 4.74 Å². The van der Waals surface area contributed by atoms with Gasteiger partial charge in [0.15, 0.2) is 0 Å². The first-order chi connectivity index (χ1) is 7.59. The minimum Gasteiger partial charge on any atom is -0.377 e. The van der Waals surface area contributed by atoms with Crippen molar-refractivity contribution in [2.45, 2.75) is 51.7 Å². The molecule has 1 N–H and O–H groups in total. The van der Waals surface area contributed by atoms with Gasteiger partial charge in [-0.25, -0.2) is 0 Å². The van der Waals surface area contributed by atoms with Crippen LogP contribution in [-0.4, -0.2) is 49.8 Å². The number of rotatable bonds is 6. The molecule has 1 saturated heterocycles. The van der Waals surface area contributed by atoms with Crippen molar-refractivity contribution in [2.24, 2.45) is 0 Å².